The van der Waals surface area contributed by atoms with E-state index in [1.54, 1.807) is 24.3 Å². The van der Waals surface area contributed by atoms with Gasteiger partial charge in [0.25, 0.3) is 0 Å². The van der Waals surface area contributed by atoms with Crippen LogP contribution in [0.25, 0.3) is 0 Å². The maximum atomic E-state index is 12.1. The van der Waals surface area contributed by atoms with Gasteiger partial charge in [0.1, 0.15) is 0 Å². The predicted octanol–water partition coefficient (Wildman–Crippen LogP) is 4.31. The van der Waals surface area contributed by atoms with Crippen LogP contribution in [0.3, 0.4) is 0 Å². The first-order valence-electron chi connectivity index (χ1n) is 7.58. The van der Waals surface area contributed by atoms with Gasteiger partial charge in [-0.25, -0.2) is 0 Å². The third kappa shape index (κ3) is 5.42. The highest BCUT2D eigenvalue weighted by atomic mass is 79.9. The van der Waals surface area contributed by atoms with Gasteiger partial charge in [0.2, 0.25) is 0 Å². The van der Waals surface area contributed by atoms with Gasteiger partial charge in [-0.2, -0.15) is 0 Å². The van der Waals surface area contributed by atoms with Crippen LogP contribution in [0.5, 0.6) is 0 Å². The third-order valence-corrected chi connectivity index (χ3v) is 4.18. The van der Waals surface area contributed by atoms with Gasteiger partial charge in [0, 0.05) is 28.4 Å². The third-order valence-electron chi connectivity index (χ3n) is 3.65. The number of benzene rings is 2. The average molecular weight is 389 g/mol. The first-order chi connectivity index (χ1) is 11.5. The standard InChI is InChI=1S/C19H17BrO4/c20-16-8-6-15(7-9-16)17(21)10-3-13-1-4-14(5-2-13)18(22)11-12-19(23)24/h1-2,4-9H,3,10-12H2,(H,23,24). The minimum Gasteiger partial charge on any atom is -0.481 e. The summed E-state index contributed by atoms with van der Waals surface area (Å²) in [6.45, 7) is 0. The number of aryl methyl sites for hydroxylation is 1. The number of aliphatic carboxylic acids is 1. The van der Waals surface area contributed by atoms with Crippen molar-refractivity contribution in [1.29, 1.82) is 0 Å². The summed E-state index contributed by atoms with van der Waals surface area (Å²) < 4.78 is 0.933. The number of ketones is 2. The topological polar surface area (TPSA) is 71.4 Å². The minimum atomic E-state index is -0.980. The Kier molecular flexibility index (Phi) is 6.44. The lowest BCUT2D eigenvalue weighted by Gasteiger charge is -2.04. The van der Waals surface area contributed by atoms with E-state index in [-0.39, 0.29) is 24.4 Å². The van der Waals surface area contributed by atoms with Crippen molar-refractivity contribution in [2.45, 2.75) is 25.7 Å². The van der Waals surface area contributed by atoms with Crippen molar-refractivity contribution in [3.63, 3.8) is 0 Å². The molecule has 0 aliphatic rings. The lowest BCUT2D eigenvalue weighted by molar-refractivity contribution is -0.136. The van der Waals surface area contributed by atoms with Gasteiger partial charge in [-0.3, -0.25) is 14.4 Å². The fourth-order valence-corrected chi connectivity index (χ4v) is 2.52. The van der Waals surface area contributed by atoms with Crippen molar-refractivity contribution in [3.05, 3.63) is 69.7 Å². The monoisotopic (exact) mass is 388 g/mol. The van der Waals surface area contributed by atoms with Crippen LogP contribution >= 0.6 is 15.9 Å². The largest absolute Gasteiger partial charge is 0.481 e. The van der Waals surface area contributed by atoms with Gasteiger partial charge in [-0.1, -0.05) is 52.3 Å². The highest BCUT2D eigenvalue weighted by Gasteiger charge is 2.09. The number of carboxylic acids is 1. The Morgan fingerprint density at radius 2 is 1.25 bits per heavy atom. The molecule has 0 unspecified atom stereocenters. The number of carbonyl (C=O) groups is 3. The molecular weight excluding hydrogens is 372 g/mol. The average Bonchev–Trinajstić information content (AvgIpc) is 2.58. The SMILES string of the molecule is O=C(O)CCC(=O)c1ccc(CCC(=O)c2ccc(Br)cc2)cc1. The van der Waals surface area contributed by atoms with Crippen LogP contribution < -0.4 is 0 Å². The molecule has 2 aromatic rings. The van der Waals surface area contributed by atoms with Crippen LogP contribution in [0.4, 0.5) is 0 Å². The molecule has 0 atom stereocenters. The van der Waals surface area contributed by atoms with E-state index in [2.05, 4.69) is 15.9 Å². The zero-order chi connectivity index (χ0) is 17.5. The summed E-state index contributed by atoms with van der Waals surface area (Å²) in [5.74, 6) is -1.09. The van der Waals surface area contributed by atoms with E-state index in [1.165, 1.54) is 0 Å². The van der Waals surface area contributed by atoms with E-state index < -0.39 is 5.97 Å². The number of rotatable bonds is 8. The number of hydrogen-bond donors (Lipinski definition) is 1. The molecule has 0 radical (unpaired) electrons. The quantitative estimate of drug-likeness (QED) is 0.683. The summed E-state index contributed by atoms with van der Waals surface area (Å²) in [4.78, 5) is 34.4. The van der Waals surface area contributed by atoms with Crippen molar-refractivity contribution < 1.29 is 19.5 Å². The molecule has 2 rings (SSSR count). The summed E-state index contributed by atoms with van der Waals surface area (Å²) in [7, 11) is 0. The van der Waals surface area contributed by atoms with Crippen molar-refractivity contribution in [2.24, 2.45) is 0 Å². The van der Waals surface area contributed by atoms with Crippen LogP contribution in [-0.4, -0.2) is 22.6 Å². The Labute approximate surface area is 148 Å². The van der Waals surface area contributed by atoms with Crippen LogP contribution in [-0.2, 0) is 11.2 Å². The van der Waals surface area contributed by atoms with Crippen LogP contribution in [0.1, 0.15) is 45.5 Å². The van der Waals surface area contributed by atoms with Gasteiger partial charge in [-0.05, 0) is 24.1 Å². The first-order valence-corrected chi connectivity index (χ1v) is 8.37. The molecule has 0 heterocycles. The fraction of sp³-hybridized carbons (Fsp3) is 0.211. The molecule has 5 heteroatoms. The van der Waals surface area contributed by atoms with Crippen molar-refractivity contribution in [3.8, 4) is 0 Å². The van der Waals surface area contributed by atoms with E-state index in [4.69, 9.17) is 5.11 Å². The Bertz CT molecular complexity index is 733. The summed E-state index contributed by atoms with van der Waals surface area (Å²) in [5.41, 5.74) is 2.15. The van der Waals surface area contributed by atoms with Crippen LogP contribution in [0.2, 0.25) is 0 Å². The molecular formula is C19H17BrO4. The van der Waals surface area contributed by atoms with Crippen molar-refractivity contribution >= 4 is 33.5 Å². The molecule has 0 aliphatic heterocycles. The van der Waals surface area contributed by atoms with E-state index in [1.807, 2.05) is 24.3 Å². The number of hydrogen-bond acceptors (Lipinski definition) is 3. The van der Waals surface area contributed by atoms with E-state index in [0.717, 1.165) is 10.0 Å². The second-order valence-corrected chi connectivity index (χ2v) is 6.36. The van der Waals surface area contributed by atoms with E-state index in [9.17, 15) is 14.4 Å². The Hall–Kier alpha value is -2.27. The van der Waals surface area contributed by atoms with Crippen LogP contribution in [0, 0.1) is 0 Å². The molecule has 124 valence electrons. The number of halogens is 1. The zero-order valence-electron chi connectivity index (χ0n) is 13.0. The molecule has 0 bridgehead atoms. The summed E-state index contributed by atoms with van der Waals surface area (Å²) in [6, 6.07) is 14.2. The molecule has 0 aromatic heterocycles. The molecule has 0 saturated heterocycles. The van der Waals surface area contributed by atoms with Gasteiger partial charge >= 0.3 is 5.97 Å². The van der Waals surface area contributed by atoms with Gasteiger partial charge < -0.3 is 5.11 Å². The lowest BCUT2D eigenvalue weighted by Crippen LogP contribution is -2.04. The molecule has 0 spiro atoms. The zero-order valence-corrected chi connectivity index (χ0v) is 14.6. The van der Waals surface area contributed by atoms with E-state index in [0.29, 0.717) is 24.0 Å². The maximum Gasteiger partial charge on any atom is 0.303 e. The highest BCUT2D eigenvalue weighted by Crippen LogP contribution is 2.14. The van der Waals surface area contributed by atoms with E-state index >= 15 is 0 Å². The second kappa shape index (κ2) is 8.55. The van der Waals surface area contributed by atoms with Gasteiger partial charge in [0.15, 0.2) is 11.6 Å². The Morgan fingerprint density at radius 3 is 1.79 bits per heavy atom. The molecule has 0 aliphatic carbocycles. The summed E-state index contributed by atoms with van der Waals surface area (Å²) >= 11 is 3.34. The smallest absolute Gasteiger partial charge is 0.303 e. The normalized spacial score (nSPS) is 10.4. The minimum absolute atomic E-state index is 0.00324. The number of carbonyl (C=O) groups excluding carboxylic acids is 2. The van der Waals surface area contributed by atoms with Crippen LogP contribution in [0.15, 0.2) is 53.0 Å². The lowest BCUT2D eigenvalue weighted by atomic mass is 10.00. The molecule has 0 saturated carbocycles. The predicted molar refractivity (Wildman–Crippen MR) is 94.4 cm³/mol. The number of Topliss-reactive ketones (excluding diaryl/α,β-unsaturated/α-hetero) is 2. The molecule has 0 fully saturated rings. The Morgan fingerprint density at radius 1 is 0.750 bits per heavy atom. The highest BCUT2D eigenvalue weighted by molar-refractivity contribution is 9.10. The van der Waals surface area contributed by atoms with Crippen molar-refractivity contribution in [1.82, 2.24) is 0 Å². The molecule has 0 amide bonds. The fourth-order valence-electron chi connectivity index (χ4n) is 2.26. The summed E-state index contributed by atoms with van der Waals surface area (Å²) in [5, 5.41) is 8.60. The molecule has 2 aromatic carbocycles. The first kappa shape index (κ1) is 18.1. The number of carboxylic acid groups (broad SMARTS) is 1. The second-order valence-electron chi connectivity index (χ2n) is 5.44. The van der Waals surface area contributed by atoms with Gasteiger partial charge in [-0.15, -0.1) is 0 Å². The maximum absolute atomic E-state index is 12.1. The van der Waals surface area contributed by atoms with Crippen molar-refractivity contribution in [2.75, 3.05) is 0 Å². The molecule has 1 N–H and O–H groups in total. The molecule has 4 nitrogen and oxygen atoms in total. The molecule has 24 heavy (non-hydrogen) atoms. The van der Waals surface area contributed by atoms with Gasteiger partial charge in [0.05, 0.1) is 6.42 Å². The summed E-state index contributed by atoms with van der Waals surface area (Å²) in [6.07, 6.45) is 0.825. The Balaban J connectivity index is 1.89.